The summed E-state index contributed by atoms with van der Waals surface area (Å²) in [6.07, 6.45) is 1.05. The van der Waals surface area contributed by atoms with Gasteiger partial charge in [-0.2, -0.15) is 0 Å². The third kappa shape index (κ3) is 2.57. The molecular formula is C16H8ClF2NO3. The van der Waals surface area contributed by atoms with Crippen LogP contribution in [-0.2, 0) is 9.59 Å². The van der Waals surface area contributed by atoms with Gasteiger partial charge in [0.1, 0.15) is 5.82 Å². The molecule has 1 N–H and O–H groups in total. The van der Waals surface area contributed by atoms with Gasteiger partial charge in [0.25, 0.3) is 11.8 Å². The Hall–Kier alpha value is -2.73. The van der Waals surface area contributed by atoms with Gasteiger partial charge in [0.05, 0.1) is 16.3 Å². The van der Waals surface area contributed by atoms with Gasteiger partial charge in [0.2, 0.25) is 0 Å². The lowest BCUT2D eigenvalue weighted by Crippen LogP contribution is -2.30. The topological polar surface area (TPSA) is 57.6 Å². The molecule has 0 saturated heterocycles. The third-order valence-corrected chi connectivity index (χ3v) is 3.63. The summed E-state index contributed by atoms with van der Waals surface area (Å²) in [6.45, 7) is 0. The van der Waals surface area contributed by atoms with Crippen LogP contribution < -0.4 is 4.90 Å². The van der Waals surface area contributed by atoms with Crippen molar-refractivity contribution < 1.29 is 23.5 Å². The summed E-state index contributed by atoms with van der Waals surface area (Å²) in [5, 5.41) is 8.95. The number of imide groups is 1. The number of hydrogen-bond acceptors (Lipinski definition) is 3. The number of anilines is 1. The lowest BCUT2D eigenvalue weighted by atomic mass is 10.1. The zero-order valence-corrected chi connectivity index (χ0v) is 12.1. The second kappa shape index (κ2) is 5.48. The minimum Gasteiger partial charge on any atom is -0.505 e. The van der Waals surface area contributed by atoms with E-state index in [9.17, 15) is 23.5 Å². The molecule has 116 valence electrons. The van der Waals surface area contributed by atoms with E-state index in [1.165, 1.54) is 12.1 Å². The number of hydrogen-bond donors (Lipinski definition) is 1. The molecule has 0 saturated carbocycles. The van der Waals surface area contributed by atoms with Gasteiger partial charge < -0.3 is 5.11 Å². The van der Waals surface area contributed by atoms with Gasteiger partial charge in [-0.3, -0.25) is 9.59 Å². The Bertz CT molecular complexity index is 880. The maximum Gasteiger partial charge on any atom is 0.266 e. The molecule has 3 rings (SSSR count). The second-order valence-corrected chi connectivity index (χ2v) is 5.21. The van der Waals surface area contributed by atoms with Crippen LogP contribution >= 0.6 is 11.6 Å². The Balaban J connectivity index is 1.99. The molecular weight excluding hydrogens is 328 g/mol. The van der Waals surface area contributed by atoms with Crippen LogP contribution in [0.15, 0.2) is 42.5 Å². The van der Waals surface area contributed by atoms with Gasteiger partial charge in [0.15, 0.2) is 11.6 Å². The molecule has 0 unspecified atom stereocenters. The number of phenolic OH excluding ortho intramolecular Hbond substituents is 1. The third-order valence-electron chi connectivity index (χ3n) is 3.34. The molecule has 2 aromatic carbocycles. The average Bonchev–Trinajstić information content (AvgIpc) is 2.80. The fourth-order valence-electron chi connectivity index (χ4n) is 2.22. The molecule has 0 bridgehead atoms. The minimum atomic E-state index is -0.910. The Morgan fingerprint density at radius 1 is 1.00 bits per heavy atom. The summed E-state index contributed by atoms with van der Waals surface area (Å²) in [7, 11) is 0. The standard InChI is InChI=1S/C16H8ClF2NO3/c17-11-6-9(2-3-12(11)18)20-15(22)7-10(16(20)23)8-1-4-14(21)13(19)5-8/h1-7,21H. The Morgan fingerprint density at radius 3 is 2.39 bits per heavy atom. The van der Waals surface area contributed by atoms with Gasteiger partial charge in [-0.25, -0.2) is 13.7 Å². The fraction of sp³-hybridized carbons (Fsp3) is 0. The van der Waals surface area contributed by atoms with Crippen molar-refractivity contribution in [3.8, 4) is 5.75 Å². The van der Waals surface area contributed by atoms with E-state index in [-0.39, 0.29) is 21.8 Å². The largest absolute Gasteiger partial charge is 0.505 e. The summed E-state index contributed by atoms with van der Waals surface area (Å²) >= 11 is 5.66. The zero-order chi connectivity index (χ0) is 16.7. The van der Waals surface area contributed by atoms with E-state index in [2.05, 4.69) is 0 Å². The highest BCUT2D eigenvalue weighted by atomic mass is 35.5. The smallest absolute Gasteiger partial charge is 0.266 e. The van der Waals surface area contributed by atoms with E-state index in [4.69, 9.17) is 11.6 Å². The monoisotopic (exact) mass is 335 g/mol. The Kier molecular flexibility index (Phi) is 3.61. The number of amides is 2. The molecule has 1 heterocycles. The van der Waals surface area contributed by atoms with Crippen molar-refractivity contribution in [3.63, 3.8) is 0 Å². The van der Waals surface area contributed by atoms with Gasteiger partial charge in [-0.1, -0.05) is 17.7 Å². The lowest BCUT2D eigenvalue weighted by molar-refractivity contribution is -0.119. The number of carbonyl (C=O) groups is 2. The van der Waals surface area contributed by atoms with Crippen LogP contribution in [0.25, 0.3) is 5.57 Å². The van der Waals surface area contributed by atoms with Crippen molar-refractivity contribution in [1.29, 1.82) is 0 Å². The van der Waals surface area contributed by atoms with Crippen LogP contribution in [0.3, 0.4) is 0 Å². The van der Waals surface area contributed by atoms with Crippen LogP contribution in [0.4, 0.5) is 14.5 Å². The van der Waals surface area contributed by atoms with Gasteiger partial charge in [-0.15, -0.1) is 0 Å². The highest BCUT2D eigenvalue weighted by Crippen LogP contribution is 2.31. The second-order valence-electron chi connectivity index (χ2n) is 4.80. The number of nitrogens with zero attached hydrogens (tertiary/aromatic N) is 1. The molecule has 0 aliphatic carbocycles. The van der Waals surface area contributed by atoms with Crippen molar-refractivity contribution >= 4 is 34.7 Å². The fourth-order valence-corrected chi connectivity index (χ4v) is 2.39. The predicted molar refractivity (Wildman–Crippen MR) is 79.9 cm³/mol. The van der Waals surface area contributed by atoms with Crippen LogP contribution in [0.5, 0.6) is 5.75 Å². The highest BCUT2D eigenvalue weighted by Gasteiger charge is 2.33. The van der Waals surface area contributed by atoms with Gasteiger partial charge >= 0.3 is 0 Å². The highest BCUT2D eigenvalue weighted by molar-refractivity contribution is 6.43. The van der Waals surface area contributed by atoms with Gasteiger partial charge in [-0.05, 0) is 35.9 Å². The Morgan fingerprint density at radius 2 is 1.74 bits per heavy atom. The maximum absolute atomic E-state index is 13.4. The maximum atomic E-state index is 13.4. The quantitative estimate of drug-likeness (QED) is 0.857. The van der Waals surface area contributed by atoms with Crippen LogP contribution in [0.2, 0.25) is 5.02 Å². The van der Waals surface area contributed by atoms with E-state index in [0.29, 0.717) is 0 Å². The van der Waals surface area contributed by atoms with Crippen LogP contribution in [0.1, 0.15) is 5.56 Å². The van der Waals surface area contributed by atoms with E-state index < -0.39 is 29.2 Å². The Labute approximate surface area is 134 Å². The molecule has 0 atom stereocenters. The molecule has 2 aromatic rings. The summed E-state index contributed by atoms with van der Waals surface area (Å²) in [5.41, 5.74) is 0.223. The van der Waals surface area contributed by atoms with Gasteiger partial charge in [0, 0.05) is 6.08 Å². The summed E-state index contributed by atoms with van der Waals surface area (Å²) in [4.78, 5) is 25.3. The first kappa shape index (κ1) is 15.2. The summed E-state index contributed by atoms with van der Waals surface area (Å²) < 4.78 is 26.6. The first-order valence-electron chi connectivity index (χ1n) is 6.42. The lowest BCUT2D eigenvalue weighted by Gasteiger charge is -2.15. The number of rotatable bonds is 2. The summed E-state index contributed by atoms with van der Waals surface area (Å²) in [6, 6.07) is 6.78. The molecule has 0 spiro atoms. The molecule has 23 heavy (non-hydrogen) atoms. The van der Waals surface area contributed by atoms with E-state index in [1.807, 2.05) is 0 Å². The average molecular weight is 336 g/mol. The van der Waals surface area contributed by atoms with Crippen LogP contribution in [0, 0.1) is 11.6 Å². The molecule has 4 nitrogen and oxygen atoms in total. The first-order valence-corrected chi connectivity index (χ1v) is 6.80. The SMILES string of the molecule is O=C1C=C(c2ccc(O)c(F)c2)C(=O)N1c1ccc(F)c(Cl)c1. The molecule has 1 aliphatic rings. The first-order chi connectivity index (χ1) is 10.9. The molecule has 1 aliphatic heterocycles. The predicted octanol–water partition coefficient (Wildman–Crippen LogP) is 3.28. The van der Waals surface area contributed by atoms with E-state index in [1.54, 1.807) is 0 Å². The molecule has 7 heteroatoms. The number of benzene rings is 2. The molecule has 0 aromatic heterocycles. The van der Waals surface area contributed by atoms with E-state index >= 15 is 0 Å². The van der Waals surface area contributed by atoms with Crippen molar-refractivity contribution in [2.45, 2.75) is 0 Å². The number of halogens is 3. The van der Waals surface area contributed by atoms with E-state index in [0.717, 1.165) is 35.2 Å². The molecule has 0 fully saturated rings. The normalized spacial score (nSPS) is 14.4. The number of carbonyl (C=O) groups excluding carboxylic acids is 2. The van der Waals surface area contributed by atoms with Crippen molar-refractivity contribution in [2.75, 3.05) is 4.90 Å². The summed E-state index contributed by atoms with van der Waals surface area (Å²) in [5.74, 6) is -3.49. The minimum absolute atomic E-state index is 0.0330. The number of aromatic hydroxyl groups is 1. The van der Waals surface area contributed by atoms with Crippen molar-refractivity contribution in [3.05, 3.63) is 64.7 Å². The van der Waals surface area contributed by atoms with Crippen molar-refractivity contribution in [2.24, 2.45) is 0 Å². The van der Waals surface area contributed by atoms with Crippen molar-refractivity contribution in [1.82, 2.24) is 0 Å². The number of phenols is 1. The zero-order valence-electron chi connectivity index (χ0n) is 11.4. The molecule has 0 radical (unpaired) electrons. The molecule has 2 amide bonds. The van der Waals surface area contributed by atoms with Crippen LogP contribution in [-0.4, -0.2) is 16.9 Å².